The summed E-state index contributed by atoms with van der Waals surface area (Å²) in [4.78, 5) is 19.9. The van der Waals surface area contributed by atoms with Gasteiger partial charge < -0.3 is 4.74 Å². The fourth-order valence-corrected chi connectivity index (χ4v) is 3.75. The SMILES string of the molecule is C/C=C1/C2C=C(C)CC1(N=C=O)c1ccc(OC)nc1C2. The van der Waals surface area contributed by atoms with Crippen molar-refractivity contribution in [3.8, 4) is 5.88 Å². The van der Waals surface area contributed by atoms with Crippen LogP contribution in [0.25, 0.3) is 0 Å². The summed E-state index contributed by atoms with van der Waals surface area (Å²) in [6, 6.07) is 3.82. The van der Waals surface area contributed by atoms with Crippen LogP contribution in [-0.2, 0) is 16.8 Å². The molecule has 2 aliphatic carbocycles. The maximum absolute atomic E-state index is 11.1. The number of aliphatic imine (C=N–C) groups is 1. The molecular weight excluding hydrogens is 264 g/mol. The van der Waals surface area contributed by atoms with Crippen LogP contribution >= 0.6 is 0 Å². The zero-order valence-corrected chi connectivity index (χ0v) is 12.5. The predicted octanol–water partition coefficient (Wildman–Crippen LogP) is 3.09. The van der Waals surface area contributed by atoms with Gasteiger partial charge in [-0.15, -0.1) is 0 Å². The van der Waals surface area contributed by atoms with Crippen LogP contribution in [0.3, 0.4) is 0 Å². The second-order valence-electron chi connectivity index (χ2n) is 5.66. The van der Waals surface area contributed by atoms with E-state index >= 15 is 0 Å². The Morgan fingerprint density at radius 3 is 3.00 bits per heavy atom. The number of rotatable bonds is 2. The summed E-state index contributed by atoms with van der Waals surface area (Å²) in [7, 11) is 1.61. The van der Waals surface area contributed by atoms with Crippen molar-refractivity contribution in [2.75, 3.05) is 7.11 Å². The minimum absolute atomic E-state index is 0.243. The molecule has 0 saturated heterocycles. The number of hydrogen-bond acceptors (Lipinski definition) is 4. The van der Waals surface area contributed by atoms with E-state index in [1.807, 2.05) is 19.1 Å². The molecule has 0 radical (unpaired) electrons. The Morgan fingerprint density at radius 2 is 2.33 bits per heavy atom. The second kappa shape index (κ2) is 4.97. The standard InChI is InChI=1S/C17H18N2O2/c1-4-13-12-7-11(2)9-17(13,18-10-20)14-5-6-16(21-3)19-15(14)8-12/h4-7,12H,8-9H2,1-3H3/b13-4-. The molecule has 2 aliphatic rings. The lowest BCUT2D eigenvalue weighted by molar-refractivity contribution is 0.380. The molecule has 0 N–H and O–H groups in total. The zero-order chi connectivity index (χ0) is 15.0. The normalized spacial score (nSPS) is 28.4. The summed E-state index contributed by atoms with van der Waals surface area (Å²) in [6.45, 7) is 4.10. The molecule has 0 aliphatic heterocycles. The summed E-state index contributed by atoms with van der Waals surface area (Å²) in [5.74, 6) is 0.842. The molecule has 2 bridgehead atoms. The average Bonchev–Trinajstić information content (AvgIpc) is 2.46. The molecule has 108 valence electrons. The number of hydrogen-bond donors (Lipinski definition) is 0. The highest BCUT2D eigenvalue weighted by Gasteiger charge is 2.47. The van der Waals surface area contributed by atoms with Crippen molar-refractivity contribution in [3.05, 3.63) is 46.7 Å². The molecule has 1 aromatic rings. The van der Waals surface area contributed by atoms with Crippen LogP contribution in [0.4, 0.5) is 0 Å². The van der Waals surface area contributed by atoms with E-state index in [9.17, 15) is 4.79 Å². The minimum Gasteiger partial charge on any atom is -0.481 e. The molecule has 2 unspecified atom stereocenters. The monoisotopic (exact) mass is 282 g/mol. The smallest absolute Gasteiger partial charge is 0.236 e. The molecule has 4 nitrogen and oxygen atoms in total. The molecule has 0 saturated carbocycles. The maximum atomic E-state index is 11.1. The van der Waals surface area contributed by atoms with Gasteiger partial charge in [-0.25, -0.2) is 9.78 Å². The van der Waals surface area contributed by atoms with Crippen molar-refractivity contribution in [1.29, 1.82) is 0 Å². The number of nitrogens with zero attached hydrogens (tertiary/aromatic N) is 2. The van der Waals surface area contributed by atoms with Crippen molar-refractivity contribution < 1.29 is 9.53 Å². The van der Waals surface area contributed by atoms with E-state index in [0.29, 0.717) is 12.3 Å². The van der Waals surface area contributed by atoms with Gasteiger partial charge in [-0.1, -0.05) is 17.7 Å². The Balaban J connectivity index is 2.29. The van der Waals surface area contributed by atoms with Crippen LogP contribution in [0.2, 0.25) is 0 Å². The summed E-state index contributed by atoms with van der Waals surface area (Å²) >= 11 is 0. The summed E-state index contributed by atoms with van der Waals surface area (Å²) in [5, 5.41) is 0. The zero-order valence-electron chi connectivity index (χ0n) is 12.5. The summed E-state index contributed by atoms with van der Waals surface area (Å²) in [5.41, 5.74) is 3.77. The first-order valence-electron chi connectivity index (χ1n) is 7.12. The predicted molar refractivity (Wildman–Crippen MR) is 79.9 cm³/mol. The van der Waals surface area contributed by atoms with Crippen LogP contribution in [0.15, 0.2) is 40.4 Å². The van der Waals surface area contributed by atoms with Crippen molar-refractivity contribution >= 4 is 6.08 Å². The van der Waals surface area contributed by atoms with Gasteiger partial charge in [0.2, 0.25) is 12.0 Å². The lowest BCUT2D eigenvalue weighted by atomic mass is 9.63. The Bertz CT molecular complexity index is 699. The van der Waals surface area contributed by atoms with Crippen molar-refractivity contribution in [3.63, 3.8) is 0 Å². The quantitative estimate of drug-likeness (QED) is 0.476. The molecule has 0 spiro atoms. The van der Waals surface area contributed by atoms with Gasteiger partial charge in [-0.2, -0.15) is 4.99 Å². The van der Waals surface area contributed by atoms with Gasteiger partial charge in [-0.3, -0.25) is 0 Å². The summed E-state index contributed by atoms with van der Waals surface area (Å²) < 4.78 is 5.22. The molecule has 1 heterocycles. The number of ether oxygens (including phenoxy) is 1. The number of isocyanates is 1. The Morgan fingerprint density at radius 1 is 1.52 bits per heavy atom. The Hall–Kier alpha value is -2.19. The summed E-state index contributed by atoms with van der Waals surface area (Å²) in [6.07, 6.45) is 7.66. The molecule has 2 atom stereocenters. The van der Waals surface area contributed by atoms with E-state index in [0.717, 1.165) is 17.7 Å². The van der Waals surface area contributed by atoms with Crippen LogP contribution in [0.5, 0.6) is 5.88 Å². The highest BCUT2D eigenvalue weighted by Crippen LogP contribution is 2.52. The van der Waals surface area contributed by atoms with Gasteiger partial charge in [0, 0.05) is 30.4 Å². The molecule has 0 fully saturated rings. The molecule has 21 heavy (non-hydrogen) atoms. The van der Waals surface area contributed by atoms with Gasteiger partial charge in [0.25, 0.3) is 0 Å². The number of carbonyl (C=O) groups excluding carboxylic acids is 1. The topological polar surface area (TPSA) is 51.5 Å². The molecule has 0 amide bonds. The van der Waals surface area contributed by atoms with Crippen LogP contribution in [0, 0.1) is 5.92 Å². The Labute approximate surface area is 124 Å². The lowest BCUT2D eigenvalue weighted by Gasteiger charge is -2.43. The molecule has 1 aromatic heterocycles. The molecule has 4 heteroatoms. The van der Waals surface area contributed by atoms with Crippen molar-refractivity contribution in [2.24, 2.45) is 10.9 Å². The van der Waals surface area contributed by atoms with Crippen molar-refractivity contribution in [1.82, 2.24) is 4.98 Å². The lowest BCUT2D eigenvalue weighted by Crippen LogP contribution is -2.39. The molecule has 3 rings (SSSR count). The fourth-order valence-electron chi connectivity index (χ4n) is 3.75. The first kappa shape index (κ1) is 13.8. The highest BCUT2D eigenvalue weighted by molar-refractivity contribution is 5.53. The van der Waals surface area contributed by atoms with E-state index in [-0.39, 0.29) is 5.92 Å². The first-order chi connectivity index (χ1) is 10.1. The van der Waals surface area contributed by atoms with Crippen LogP contribution < -0.4 is 4.74 Å². The van der Waals surface area contributed by atoms with Gasteiger partial charge in [0.05, 0.1) is 12.8 Å². The van der Waals surface area contributed by atoms with Crippen LogP contribution in [0.1, 0.15) is 31.5 Å². The number of fused-ring (bicyclic) bond motifs is 4. The van der Waals surface area contributed by atoms with Crippen LogP contribution in [-0.4, -0.2) is 18.2 Å². The molecule has 0 aromatic carbocycles. The van der Waals surface area contributed by atoms with E-state index in [1.54, 1.807) is 13.2 Å². The maximum Gasteiger partial charge on any atom is 0.236 e. The van der Waals surface area contributed by atoms with Gasteiger partial charge in [0.15, 0.2) is 0 Å². The van der Waals surface area contributed by atoms with Gasteiger partial charge >= 0.3 is 0 Å². The average molecular weight is 282 g/mol. The largest absolute Gasteiger partial charge is 0.481 e. The third-order valence-corrected chi connectivity index (χ3v) is 4.46. The minimum atomic E-state index is -0.632. The number of pyridine rings is 1. The van der Waals surface area contributed by atoms with Gasteiger partial charge in [0.1, 0.15) is 5.54 Å². The number of aromatic nitrogens is 1. The number of allylic oxidation sites excluding steroid dienone is 2. The second-order valence-corrected chi connectivity index (χ2v) is 5.66. The van der Waals surface area contributed by atoms with E-state index in [2.05, 4.69) is 29.1 Å². The van der Waals surface area contributed by atoms with E-state index < -0.39 is 5.54 Å². The first-order valence-corrected chi connectivity index (χ1v) is 7.12. The third-order valence-electron chi connectivity index (χ3n) is 4.46. The van der Waals surface area contributed by atoms with Crippen molar-refractivity contribution in [2.45, 2.75) is 32.2 Å². The Kier molecular flexibility index (Phi) is 3.26. The molecular formula is C17H18N2O2. The van der Waals surface area contributed by atoms with Gasteiger partial charge in [-0.05, 0) is 25.5 Å². The third kappa shape index (κ3) is 1.95. The number of methoxy groups -OCH3 is 1. The van der Waals surface area contributed by atoms with E-state index in [4.69, 9.17) is 4.74 Å². The highest BCUT2D eigenvalue weighted by atomic mass is 16.5. The van der Waals surface area contributed by atoms with E-state index in [1.165, 1.54) is 11.1 Å². The fraction of sp³-hybridized carbons (Fsp3) is 0.412.